The number of sulfonamides is 1. The SMILES string of the molecule is Cc1cc(=O)[nH]c2ccc(N=[N+]=NC(=O)c3cccc(S(=O)(=O)NCC(N)=O)c3)cc12. The minimum Gasteiger partial charge on any atom is -0.369 e. The first kappa shape index (κ1) is 21.7. The van der Waals surface area contributed by atoms with Crippen molar-refractivity contribution >= 4 is 38.4 Å². The average Bonchev–Trinajstić information content (AvgIpc) is 2.72. The van der Waals surface area contributed by atoms with E-state index in [1.807, 2.05) is 4.72 Å². The number of amides is 2. The third-order valence-corrected chi connectivity index (χ3v) is 5.56. The fraction of sp³-hybridized carbons (Fsp3) is 0.105. The van der Waals surface area contributed by atoms with Crippen molar-refractivity contribution in [3.05, 3.63) is 70.0 Å². The molecule has 0 fully saturated rings. The smallest absolute Gasteiger partial charge is 0.360 e. The second-order valence-electron chi connectivity index (χ2n) is 6.46. The van der Waals surface area contributed by atoms with Crippen LogP contribution in [0.15, 0.2) is 68.4 Å². The molecule has 0 atom stereocenters. The maximum absolute atomic E-state index is 12.2. The molecule has 0 unspecified atom stereocenters. The number of pyridine rings is 1. The van der Waals surface area contributed by atoms with E-state index in [-0.39, 0.29) is 16.0 Å². The van der Waals surface area contributed by atoms with Crippen LogP contribution < -0.4 is 20.9 Å². The fourth-order valence-corrected chi connectivity index (χ4v) is 3.73. The number of nitrogens with two attached hydrogens (primary N) is 1. The van der Waals surface area contributed by atoms with Crippen LogP contribution in [0.2, 0.25) is 0 Å². The van der Waals surface area contributed by atoms with E-state index in [0.29, 0.717) is 11.2 Å². The zero-order valence-corrected chi connectivity index (χ0v) is 17.0. The van der Waals surface area contributed by atoms with Crippen LogP contribution in [0.3, 0.4) is 0 Å². The van der Waals surface area contributed by atoms with Crippen molar-refractivity contribution in [3.8, 4) is 0 Å². The molecule has 0 spiro atoms. The quantitative estimate of drug-likeness (QED) is 0.381. The summed E-state index contributed by atoms with van der Waals surface area (Å²) in [7, 11) is -4.03. The number of H-pyrrole nitrogens is 1. The maximum Gasteiger partial charge on any atom is 0.360 e. The van der Waals surface area contributed by atoms with Gasteiger partial charge in [0.25, 0.3) is 0 Å². The highest BCUT2D eigenvalue weighted by atomic mass is 32.2. The minimum absolute atomic E-state index is 0.0344. The fourth-order valence-electron chi connectivity index (χ4n) is 2.69. The van der Waals surface area contributed by atoms with Crippen molar-refractivity contribution in [3.63, 3.8) is 0 Å². The lowest BCUT2D eigenvalue weighted by molar-refractivity contribution is -0.116. The summed E-state index contributed by atoms with van der Waals surface area (Å²) in [5.74, 6) is -1.65. The Morgan fingerprint density at radius 1 is 1.16 bits per heavy atom. The minimum atomic E-state index is -4.03. The molecule has 0 saturated heterocycles. The molecule has 3 rings (SSSR count). The van der Waals surface area contributed by atoms with E-state index in [4.69, 9.17) is 5.73 Å². The van der Waals surface area contributed by atoms with Crippen molar-refractivity contribution in [1.82, 2.24) is 14.6 Å². The number of rotatable bonds is 6. The zero-order valence-electron chi connectivity index (χ0n) is 16.2. The molecule has 4 N–H and O–H groups in total. The highest BCUT2D eigenvalue weighted by molar-refractivity contribution is 7.89. The van der Waals surface area contributed by atoms with E-state index in [2.05, 4.69) is 20.1 Å². The molecule has 3 aromatic rings. The molecule has 2 aromatic carbocycles. The highest BCUT2D eigenvalue weighted by Crippen LogP contribution is 2.21. The lowest BCUT2D eigenvalue weighted by Crippen LogP contribution is -2.33. The van der Waals surface area contributed by atoms with Gasteiger partial charge in [-0.2, -0.15) is 0 Å². The molecule has 158 valence electrons. The summed E-state index contributed by atoms with van der Waals surface area (Å²) in [5.41, 5.74) is 6.49. The van der Waals surface area contributed by atoms with Crippen LogP contribution in [0.1, 0.15) is 15.9 Å². The first-order valence-electron chi connectivity index (χ1n) is 8.83. The molecule has 0 radical (unpaired) electrons. The summed E-state index contributed by atoms with van der Waals surface area (Å²) < 4.78 is 26.3. The Hall–Kier alpha value is -3.99. The Kier molecular flexibility index (Phi) is 6.16. The van der Waals surface area contributed by atoms with E-state index < -0.39 is 28.4 Å². The number of hydrogen-bond acceptors (Lipinski definition) is 6. The number of carbonyl (C=O) groups is 2. The van der Waals surface area contributed by atoms with Crippen LogP contribution in [0.5, 0.6) is 0 Å². The van der Waals surface area contributed by atoms with Gasteiger partial charge >= 0.3 is 5.91 Å². The molecule has 1 heterocycles. The third kappa shape index (κ3) is 5.34. The largest absolute Gasteiger partial charge is 0.369 e. The van der Waals surface area contributed by atoms with Crippen LogP contribution in [0.25, 0.3) is 10.9 Å². The molecule has 0 aliphatic carbocycles. The lowest BCUT2D eigenvalue weighted by atomic mass is 10.1. The van der Waals surface area contributed by atoms with E-state index in [9.17, 15) is 22.8 Å². The Bertz CT molecular complexity index is 1420. The number of fused-ring (bicyclic) bond motifs is 1. The van der Waals surface area contributed by atoms with Gasteiger partial charge in [0, 0.05) is 17.0 Å². The van der Waals surface area contributed by atoms with Gasteiger partial charge in [-0.05, 0) is 48.9 Å². The van der Waals surface area contributed by atoms with E-state index in [1.54, 1.807) is 25.1 Å². The van der Waals surface area contributed by atoms with E-state index in [1.165, 1.54) is 24.3 Å². The van der Waals surface area contributed by atoms with Crippen molar-refractivity contribution < 1.29 is 18.0 Å². The first-order chi connectivity index (χ1) is 14.7. The van der Waals surface area contributed by atoms with Crippen molar-refractivity contribution in [2.75, 3.05) is 6.54 Å². The van der Waals surface area contributed by atoms with Crippen LogP contribution in [-0.2, 0) is 14.8 Å². The Morgan fingerprint density at radius 3 is 2.68 bits per heavy atom. The predicted molar refractivity (Wildman–Crippen MR) is 111 cm³/mol. The van der Waals surface area contributed by atoms with Crippen molar-refractivity contribution in [2.45, 2.75) is 11.8 Å². The molecule has 0 saturated carbocycles. The van der Waals surface area contributed by atoms with Crippen molar-refractivity contribution in [1.29, 1.82) is 0 Å². The number of hydrogen-bond donors (Lipinski definition) is 3. The maximum atomic E-state index is 12.2. The monoisotopic (exact) mass is 441 g/mol. The Balaban J connectivity index is 1.83. The van der Waals surface area contributed by atoms with Gasteiger partial charge in [-0.25, -0.2) is 13.1 Å². The second kappa shape index (κ2) is 8.79. The normalized spacial score (nSPS) is 11.0. The topological polar surface area (TPSA) is 178 Å². The van der Waals surface area contributed by atoms with Gasteiger partial charge < -0.3 is 10.7 Å². The number of aryl methyl sites for hydroxylation is 1. The lowest BCUT2D eigenvalue weighted by Gasteiger charge is -2.05. The molecule has 0 aliphatic rings. The van der Waals surface area contributed by atoms with Gasteiger partial charge in [0.15, 0.2) is 10.8 Å². The number of aromatic nitrogens is 1. The van der Waals surface area contributed by atoms with Crippen molar-refractivity contribution in [2.24, 2.45) is 16.0 Å². The van der Waals surface area contributed by atoms with Crippen LogP contribution in [0.4, 0.5) is 5.69 Å². The first-order valence-corrected chi connectivity index (χ1v) is 10.3. The summed E-state index contributed by atoms with van der Waals surface area (Å²) in [5, 5.41) is 8.11. The number of carbonyl (C=O) groups excluding carboxylic acids is 2. The Morgan fingerprint density at radius 2 is 1.94 bits per heavy atom. The van der Waals surface area contributed by atoms with Gasteiger partial charge in [0.1, 0.15) is 0 Å². The van der Waals surface area contributed by atoms with Gasteiger partial charge in [-0.1, -0.05) is 6.07 Å². The summed E-state index contributed by atoms with van der Waals surface area (Å²) in [4.78, 5) is 40.5. The molecule has 31 heavy (non-hydrogen) atoms. The number of aromatic amines is 1. The predicted octanol–water partition coefficient (Wildman–Crippen LogP) is 1.04. The van der Waals surface area contributed by atoms with Gasteiger partial charge in [0.2, 0.25) is 31.5 Å². The van der Waals surface area contributed by atoms with Gasteiger partial charge in [-0.3, -0.25) is 14.4 Å². The summed E-state index contributed by atoms with van der Waals surface area (Å²) in [6.45, 7) is 1.21. The summed E-state index contributed by atoms with van der Waals surface area (Å²) in [6.07, 6.45) is 0. The molecule has 2 amide bonds. The van der Waals surface area contributed by atoms with Crippen LogP contribution in [-0.4, -0.2) is 31.8 Å². The number of benzene rings is 2. The standard InChI is InChI=1S/C19H16N6O5S/c1-11-7-18(27)22-16-6-5-13(9-15(11)16)23-25-24-19(28)12-3-2-4-14(8-12)31(29,30)21-10-17(20)26/h2-9,21H,10H2,1H3,(H2,20,26)/p+1. The second-order valence-corrected chi connectivity index (χ2v) is 8.23. The molecule has 11 nitrogen and oxygen atoms in total. The molecular formula is C19H17N6O5S+. The van der Waals surface area contributed by atoms with Gasteiger partial charge in [-0.15, -0.1) is 0 Å². The summed E-state index contributed by atoms with van der Waals surface area (Å²) in [6, 6.07) is 11.5. The van der Waals surface area contributed by atoms with E-state index >= 15 is 0 Å². The average molecular weight is 441 g/mol. The van der Waals surface area contributed by atoms with E-state index in [0.717, 1.165) is 17.0 Å². The molecule has 0 aliphatic heterocycles. The molecule has 12 heteroatoms. The van der Waals surface area contributed by atoms with Crippen LogP contribution >= 0.6 is 0 Å². The highest BCUT2D eigenvalue weighted by Gasteiger charge is 2.18. The molecule has 1 aromatic heterocycles. The number of nitrogens with one attached hydrogen (secondary N) is 2. The van der Waals surface area contributed by atoms with Gasteiger partial charge in [0.05, 0.1) is 17.0 Å². The Labute approximate surface area is 175 Å². The molecule has 0 bridgehead atoms. The zero-order chi connectivity index (χ0) is 22.6. The molecular weight excluding hydrogens is 424 g/mol. The number of primary amides is 1. The third-order valence-electron chi connectivity index (χ3n) is 4.16. The summed E-state index contributed by atoms with van der Waals surface area (Å²) >= 11 is 0. The number of nitrogens with zero attached hydrogens (tertiary/aromatic N) is 3. The van der Waals surface area contributed by atoms with Crippen LogP contribution in [0, 0.1) is 6.92 Å².